The first-order chi connectivity index (χ1) is 45.7. The van der Waals surface area contributed by atoms with Crippen molar-refractivity contribution in [2.75, 3.05) is 61.6 Å². The van der Waals surface area contributed by atoms with E-state index in [-0.39, 0.29) is 52.9 Å². The second kappa shape index (κ2) is 29.7. The van der Waals surface area contributed by atoms with Crippen LogP contribution in [0.15, 0.2) is 127 Å². The third kappa shape index (κ3) is 16.0. The number of nitrogens with two attached hydrogens (primary N) is 6. The molecular formula is C69H75F3N16O8. The number of anilines is 4. The molecular weight excluding hydrogens is 1240 g/mol. The van der Waals surface area contributed by atoms with Crippen molar-refractivity contribution in [1.82, 2.24) is 45.3 Å². The van der Waals surface area contributed by atoms with Gasteiger partial charge in [-0.15, -0.1) is 5.10 Å². The Balaban J connectivity index is 0.000000169. The Morgan fingerprint density at radius 2 is 0.844 bits per heavy atom. The van der Waals surface area contributed by atoms with E-state index in [1.807, 2.05) is 144 Å². The molecule has 24 nitrogen and oxygen atoms in total. The summed E-state index contributed by atoms with van der Waals surface area (Å²) in [6.45, 7) is 16.0. The van der Waals surface area contributed by atoms with Gasteiger partial charge in [-0.2, -0.15) is 23.4 Å². The summed E-state index contributed by atoms with van der Waals surface area (Å²) in [6.07, 6.45) is -4.03. The Morgan fingerprint density at radius 3 is 1.21 bits per heavy atom. The van der Waals surface area contributed by atoms with Crippen molar-refractivity contribution in [2.24, 2.45) is 17.2 Å². The Bertz CT molecular complexity index is 4380. The van der Waals surface area contributed by atoms with Crippen LogP contribution in [0.3, 0.4) is 0 Å². The highest BCUT2D eigenvalue weighted by Crippen LogP contribution is 2.36. The number of rotatable bonds is 17. The first-order valence-corrected chi connectivity index (χ1v) is 30.6. The molecule has 11 rings (SSSR count). The van der Waals surface area contributed by atoms with Crippen molar-refractivity contribution in [3.8, 4) is 17.1 Å². The first-order valence-electron chi connectivity index (χ1n) is 30.6. The van der Waals surface area contributed by atoms with Crippen LogP contribution in [-0.2, 0) is 35.3 Å². The van der Waals surface area contributed by atoms with Crippen molar-refractivity contribution in [3.05, 3.63) is 223 Å². The van der Waals surface area contributed by atoms with Gasteiger partial charge in [0, 0.05) is 61.9 Å². The summed E-state index contributed by atoms with van der Waals surface area (Å²) in [5, 5.41) is 21.3. The number of morpholine rings is 1. The molecule has 3 aromatic heterocycles. The standard InChI is InChI=1S/C24H28N6O3.C24H27N5O3.C21H20F3N5O2/c1-15-3-4-16(2)19(13-15)24(32)27-14-17-5-7-18(8-6-17)30-21(22(26)31)20(25)23(28-30)29-9-11-33-12-10-29;1-14-3-4-15(2)19(11-14)24(31)27-12-16-5-7-18(8-6-16)29-22(23(26)30)20(25)21(28-29)17-9-10-32-13-17;1-11-3-4-12(2)15(9-11)20(31)27-10-13-5-7-14(8-6-13)29-17(19(26)30)16(25)18(28-29)21(22,23)24/h3-8,13H,9-12,14,25H2,1-2H3,(H2,26,31)(H,27,32);3-8,11,17H,9-10,12-13,25H2,1-2H3,(H2,26,30)(H,27,31);3-9H,10,25H2,1-2H3,(H2,26,30)(H,27,31). The summed E-state index contributed by atoms with van der Waals surface area (Å²) in [7, 11) is 0. The maximum atomic E-state index is 13.1. The van der Waals surface area contributed by atoms with Gasteiger partial charge in [-0.3, -0.25) is 28.8 Å². The van der Waals surface area contributed by atoms with Crippen LogP contribution in [0.1, 0.15) is 136 Å². The topological polar surface area (TPSA) is 370 Å². The third-order valence-corrected chi connectivity index (χ3v) is 16.2. The zero-order chi connectivity index (χ0) is 69.3. The first kappa shape index (κ1) is 69.0. The molecule has 500 valence electrons. The van der Waals surface area contributed by atoms with Gasteiger partial charge in [-0.1, -0.05) is 89.5 Å². The van der Waals surface area contributed by atoms with Crippen LogP contribution in [-0.4, -0.2) is 104 Å². The minimum absolute atomic E-state index is 0.0499. The minimum Gasteiger partial charge on any atom is -0.395 e. The number of carbonyl (C=O) groups excluding carboxylic acids is 6. The second-order valence-corrected chi connectivity index (χ2v) is 23.3. The molecule has 15 N–H and O–H groups in total. The number of carbonyl (C=O) groups is 6. The lowest BCUT2D eigenvalue weighted by Crippen LogP contribution is -2.37. The molecule has 6 aromatic carbocycles. The van der Waals surface area contributed by atoms with Gasteiger partial charge in [-0.25, -0.2) is 14.0 Å². The van der Waals surface area contributed by atoms with E-state index in [1.165, 1.54) is 21.5 Å². The molecule has 96 heavy (non-hydrogen) atoms. The molecule has 2 aliphatic rings. The number of benzene rings is 6. The molecule has 2 fully saturated rings. The summed E-state index contributed by atoms with van der Waals surface area (Å²) in [5.41, 5.74) is 44.7. The van der Waals surface area contributed by atoms with Gasteiger partial charge in [0.2, 0.25) is 0 Å². The highest BCUT2D eigenvalue weighted by atomic mass is 19.4. The van der Waals surface area contributed by atoms with Crippen LogP contribution >= 0.6 is 0 Å². The smallest absolute Gasteiger partial charge is 0.395 e. The SMILES string of the molecule is Cc1ccc(C)c(C(=O)NCc2ccc(-n3nc(C(F)(F)F)c(N)c3C(N)=O)cc2)c1.Cc1ccc(C)c(C(=O)NCc2ccc(-n3nc(C4CCOC4)c(N)c3C(N)=O)cc2)c1.Cc1ccc(C)c(C(=O)NCc2ccc(-n3nc(N4CCOCC4)c(N)c3C(N)=O)cc2)c1. The molecule has 1 unspecified atom stereocenters. The van der Waals surface area contributed by atoms with E-state index in [0.29, 0.717) is 103 Å². The average molecular weight is 1310 g/mol. The number of aromatic nitrogens is 6. The molecule has 0 radical (unpaired) electrons. The number of nitrogen functional groups attached to an aromatic ring is 3. The lowest BCUT2D eigenvalue weighted by atomic mass is 10.0. The third-order valence-electron chi connectivity index (χ3n) is 16.2. The Kier molecular flexibility index (Phi) is 21.4. The van der Waals surface area contributed by atoms with E-state index in [2.05, 4.69) is 31.2 Å². The molecule has 27 heteroatoms. The number of ether oxygens (including phenoxy) is 2. The lowest BCUT2D eigenvalue weighted by molar-refractivity contribution is -0.140. The maximum Gasteiger partial charge on any atom is 0.437 e. The van der Waals surface area contributed by atoms with Gasteiger partial charge in [-0.05, 0) is 136 Å². The number of halogens is 3. The lowest BCUT2D eigenvalue weighted by Gasteiger charge is -2.27. The molecule has 0 spiro atoms. The number of primary amides is 3. The number of hydrogen-bond acceptors (Lipinski definition) is 15. The molecule has 1 atom stereocenters. The summed E-state index contributed by atoms with van der Waals surface area (Å²) in [4.78, 5) is 75.4. The fourth-order valence-electron chi connectivity index (χ4n) is 10.9. The van der Waals surface area contributed by atoms with Gasteiger partial charge in [0.25, 0.3) is 35.4 Å². The predicted octanol–water partition coefficient (Wildman–Crippen LogP) is 7.66. The van der Waals surface area contributed by atoms with Gasteiger partial charge >= 0.3 is 6.18 Å². The second-order valence-electron chi connectivity index (χ2n) is 23.3. The number of amides is 6. The number of hydrogen-bond donors (Lipinski definition) is 9. The number of nitrogens with zero attached hydrogens (tertiary/aromatic N) is 7. The largest absolute Gasteiger partial charge is 0.437 e. The minimum atomic E-state index is -4.84. The Labute approximate surface area is 551 Å². The van der Waals surface area contributed by atoms with Crippen molar-refractivity contribution >= 4 is 58.3 Å². The molecule has 2 aliphatic heterocycles. The van der Waals surface area contributed by atoms with Gasteiger partial charge in [0.1, 0.15) is 5.69 Å². The van der Waals surface area contributed by atoms with E-state index in [4.69, 9.17) is 43.9 Å². The van der Waals surface area contributed by atoms with Crippen LogP contribution in [0.4, 0.5) is 36.1 Å². The highest BCUT2D eigenvalue weighted by molar-refractivity contribution is 6.01. The normalized spacial score (nSPS) is 13.6. The number of aryl methyl sites for hydroxylation is 6. The summed E-state index contributed by atoms with van der Waals surface area (Å²) >= 11 is 0. The number of alkyl halides is 3. The van der Waals surface area contributed by atoms with E-state index < -0.39 is 41.0 Å². The zero-order valence-electron chi connectivity index (χ0n) is 53.8. The van der Waals surface area contributed by atoms with Crippen molar-refractivity contribution in [1.29, 1.82) is 0 Å². The summed E-state index contributed by atoms with van der Waals surface area (Å²) in [5.74, 6) is -2.32. The fourth-order valence-corrected chi connectivity index (χ4v) is 10.9. The molecule has 0 bridgehead atoms. The summed E-state index contributed by atoms with van der Waals surface area (Å²) < 4.78 is 53.9. The van der Waals surface area contributed by atoms with Crippen LogP contribution in [0.5, 0.6) is 0 Å². The summed E-state index contributed by atoms with van der Waals surface area (Å²) in [6, 6.07) is 38.1. The molecule has 9 aromatic rings. The van der Waals surface area contributed by atoms with Gasteiger partial charge in [0.15, 0.2) is 28.6 Å². The maximum absolute atomic E-state index is 13.1. The van der Waals surface area contributed by atoms with Crippen LogP contribution in [0.2, 0.25) is 0 Å². The van der Waals surface area contributed by atoms with Gasteiger partial charge in [0.05, 0.1) is 54.0 Å². The Morgan fingerprint density at radius 1 is 0.479 bits per heavy atom. The fraction of sp³-hybridized carbons (Fsp3) is 0.261. The van der Waals surface area contributed by atoms with Crippen molar-refractivity contribution < 1.29 is 51.4 Å². The van der Waals surface area contributed by atoms with Crippen molar-refractivity contribution in [3.63, 3.8) is 0 Å². The number of nitrogens with one attached hydrogen (secondary N) is 3. The van der Waals surface area contributed by atoms with Gasteiger partial charge < -0.3 is 64.7 Å². The molecule has 0 aliphatic carbocycles. The van der Waals surface area contributed by atoms with E-state index in [0.717, 1.165) is 55.6 Å². The predicted molar refractivity (Wildman–Crippen MR) is 357 cm³/mol. The quantitative estimate of drug-likeness (QED) is 0.0422. The van der Waals surface area contributed by atoms with E-state index in [1.54, 1.807) is 18.2 Å². The highest BCUT2D eigenvalue weighted by Gasteiger charge is 2.40. The van der Waals surface area contributed by atoms with Crippen molar-refractivity contribution in [2.45, 2.75) is 79.7 Å². The monoisotopic (exact) mass is 1310 g/mol. The molecule has 2 saturated heterocycles. The Hall–Kier alpha value is -11.3. The van der Waals surface area contributed by atoms with Crippen LogP contribution < -0.4 is 55.3 Å². The molecule has 0 saturated carbocycles. The molecule has 5 heterocycles. The van der Waals surface area contributed by atoms with Crippen LogP contribution in [0.25, 0.3) is 17.1 Å². The zero-order valence-corrected chi connectivity index (χ0v) is 53.8. The van der Waals surface area contributed by atoms with E-state index >= 15 is 0 Å². The average Bonchev–Trinajstić information content (AvgIpc) is 1.66. The van der Waals surface area contributed by atoms with Crippen LogP contribution in [0, 0.1) is 41.5 Å². The van der Waals surface area contributed by atoms with E-state index in [9.17, 15) is 41.9 Å². The molecule has 6 amide bonds.